The highest BCUT2D eigenvalue weighted by atomic mass is 16.5. The third-order valence-electron chi connectivity index (χ3n) is 5.05. The van der Waals surface area contributed by atoms with Crippen molar-refractivity contribution in [2.45, 2.75) is 47.1 Å². The molecule has 0 saturated heterocycles. The first kappa shape index (κ1) is 19.9. The molecule has 4 rings (SSSR count). The first-order valence-electron chi connectivity index (χ1n) is 9.93. The second kappa shape index (κ2) is 7.78. The summed E-state index contributed by atoms with van der Waals surface area (Å²) in [5.74, 6) is 2.97. The number of fused-ring (bicyclic) bond motifs is 1. The molecule has 30 heavy (non-hydrogen) atoms. The third-order valence-corrected chi connectivity index (χ3v) is 5.05. The van der Waals surface area contributed by atoms with Crippen molar-refractivity contribution in [3.63, 3.8) is 0 Å². The Bertz CT molecular complexity index is 1210. The maximum atomic E-state index is 5.35. The van der Waals surface area contributed by atoms with Crippen LogP contribution in [0.25, 0.3) is 16.8 Å². The zero-order chi connectivity index (χ0) is 21.4. The molecule has 0 aliphatic rings. The maximum Gasteiger partial charge on any atom is 0.223 e. The van der Waals surface area contributed by atoms with Crippen LogP contribution in [0.1, 0.15) is 35.6 Å². The molecule has 8 nitrogen and oxygen atoms in total. The van der Waals surface area contributed by atoms with Crippen LogP contribution in [0.4, 0.5) is 5.82 Å². The van der Waals surface area contributed by atoms with Gasteiger partial charge in [-0.05, 0) is 51.0 Å². The van der Waals surface area contributed by atoms with Gasteiger partial charge in [-0.15, -0.1) is 0 Å². The number of methoxy groups -OCH3 is 1. The minimum Gasteiger partial charge on any atom is -0.497 e. The number of nitrogens with zero attached hydrogens (tertiary/aromatic N) is 5. The lowest BCUT2D eigenvalue weighted by molar-refractivity contribution is 0.386. The number of hydrogen-bond acceptors (Lipinski definition) is 7. The van der Waals surface area contributed by atoms with Gasteiger partial charge in [-0.3, -0.25) is 0 Å². The Balaban J connectivity index is 1.73. The van der Waals surface area contributed by atoms with E-state index in [-0.39, 0.29) is 6.04 Å². The minimum absolute atomic E-state index is 0.0858. The fourth-order valence-corrected chi connectivity index (χ4v) is 3.71. The van der Waals surface area contributed by atoms with E-state index in [1.54, 1.807) is 14.0 Å². The van der Waals surface area contributed by atoms with E-state index in [9.17, 15) is 0 Å². The van der Waals surface area contributed by atoms with Crippen LogP contribution in [0.15, 0.2) is 28.8 Å². The molecular weight excluding hydrogens is 380 g/mol. The zero-order valence-corrected chi connectivity index (χ0v) is 18.1. The first-order valence-corrected chi connectivity index (χ1v) is 9.93. The van der Waals surface area contributed by atoms with Crippen molar-refractivity contribution in [3.8, 4) is 16.9 Å². The number of benzene rings is 1. The summed E-state index contributed by atoms with van der Waals surface area (Å²) in [4.78, 5) is 9.09. The molecule has 8 heteroatoms. The van der Waals surface area contributed by atoms with E-state index in [0.29, 0.717) is 18.1 Å². The number of anilines is 1. The number of aromatic nitrogens is 5. The second-order valence-corrected chi connectivity index (χ2v) is 7.64. The molecular formula is C22H26N6O2. The number of aryl methyl sites for hydroxylation is 4. The van der Waals surface area contributed by atoms with Gasteiger partial charge in [0.2, 0.25) is 5.89 Å². The molecule has 0 fully saturated rings. The molecule has 1 N–H and O–H groups in total. The normalized spacial score (nSPS) is 12.3. The van der Waals surface area contributed by atoms with Crippen molar-refractivity contribution in [1.29, 1.82) is 0 Å². The highest BCUT2D eigenvalue weighted by Gasteiger charge is 2.19. The highest BCUT2D eigenvalue weighted by Crippen LogP contribution is 2.33. The summed E-state index contributed by atoms with van der Waals surface area (Å²) in [6.45, 7) is 9.95. The average molecular weight is 406 g/mol. The lowest BCUT2D eigenvalue weighted by atomic mass is 10.0. The van der Waals surface area contributed by atoms with E-state index in [1.807, 2.05) is 36.6 Å². The largest absolute Gasteiger partial charge is 0.497 e. The fourth-order valence-electron chi connectivity index (χ4n) is 3.71. The van der Waals surface area contributed by atoms with Gasteiger partial charge in [0.15, 0.2) is 11.5 Å². The predicted octanol–water partition coefficient (Wildman–Crippen LogP) is 4.06. The first-order chi connectivity index (χ1) is 14.4. The molecule has 0 aliphatic carbocycles. The topological polar surface area (TPSA) is 90.4 Å². The molecule has 156 valence electrons. The van der Waals surface area contributed by atoms with Crippen LogP contribution in [-0.4, -0.2) is 37.9 Å². The second-order valence-electron chi connectivity index (χ2n) is 7.64. The van der Waals surface area contributed by atoms with Crippen molar-refractivity contribution in [3.05, 3.63) is 52.9 Å². The monoisotopic (exact) mass is 406 g/mol. The van der Waals surface area contributed by atoms with Gasteiger partial charge in [0.25, 0.3) is 0 Å². The molecule has 3 heterocycles. The number of ether oxygens (including phenoxy) is 1. The average Bonchev–Trinajstić information content (AvgIpc) is 3.24. The number of hydrogen-bond donors (Lipinski definition) is 1. The number of rotatable bonds is 6. The molecule has 0 saturated carbocycles. The predicted molar refractivity (Wildman–Crippen MR) is 115 cm³/mol. The van der Waals surface area contributed by atoms with Gasteiger partial charge in [0.1, 0.15) is 11.6 Å². The van der Waals surface area contributed by atoms with Gasteiger partial charge in [0.05, 0.1) is 12.8 Å². The van der Waals surface area contributed by atoms with Crippen molar-refractivity contribution >= 4 is 11.5 Å². The van der Waals surface area contributed by atoms with Crippen molar-refractivity contribution in [1.82, 2.24) is 24.7 Å². The van der Waals surface area contributed by atoms with Crippen LogP contribution in [0.5, 0.6) is 5.75 Å². The van der Waals surface area contributed by atoms with E-state index in [4.69, 9.17) is 19.3 Å². The molecule has 0 bridgehead atoms. The summed E-state index contributed by atoms with van der Waals surface area (Å²) in [5.41, 5.74) is 5.91. The molecule has 4 aromatic rings. The van der Waals surface area contributed by atoms with Crippen LogP contribution in [0, 0.1) is 27.7 Å². The summed E-state index contributed by atoms with van der Waals surface area (Å²) in [5, 5.41) is 12.3. The molecule has 1 atom stereocenters. The van der Waals surface area contributed by atoms with Gasteiger partial charge >= 0.3 is 0 Å². The minimum atomic E-state index is 0.0858. The van der Waals surface area contributed by atoms with E-state index >= 15 is 0 Å². The molecule has 0 aliphatic heterocycles. The zero-order valence-electron chi connectivity index (χ0n) is 18.1. The Morgan fingerprint density at radius 3 is 2.60 bits per heavy atom. The van der Waals surface area contributed by atoms with E-state index in [2.05, 4.69) is 35.4 Å². The van der Waals surface area contributed by atoms with Crippen molar-refractivity contribution < 1.29 is 9.26 Å². The summed E-state index contributed by atoms with van der Waals surface area (Å²) in [7, 11) is 1.68. The highest BCUT2D eigenvalue weighted by molar-refractivity contribution is 5.83. The Morgan fingerprint density at radius 2 is 1.93 bits per heavy atom. The fraction of sp³-hybridized carbons (Fsp3) is 0.364. The molecule has 3 aromatic heterocycles. The molecule has 1 aromatic carbocycles. The summed E-state index contributed by atoms with van der Waals surface area (Å²) < 4.78 is 12.3. The Kier molecular flexibility index (Phi) is 5.15. The van der Waals surface area contributed by atoms with Crippen LogP contribution in [0.3, 0.4) is 0 Å². The lowest BCUT2D eigenvalue weighted by Crippen LogP contribution is -2.21. The standard InChI is InChI=1S/C22H26N6O2/c1-12-9-17(29-6)7-8-18(12)21-15(4)26-28-20(11-14(3)24-22(21)28)23-13(2)10-19-25-16(5)30-27-19/h7-9,11,13,23H,10H2,1-6H3/t13-/m0/s1. The van der Waals surface area contributed by atoms with E-state index < -0.39 is 0 Å². The molecule has 0 unspecified atom stereocenters. The smallest absolute Gasteiger partial charge is 0.223 e. The summed E-state index contributed by atoms with van der Waals surface area (Å²) in [6.07, 6.45) is 0.644. The lowest BCUT2D eigenvalue weighted by Gasteiger charge is -2.15. The van der Waals surface area contributed by atoms with Crippen LogP contribution in [-0.2, 0) is 6.42 Å². The van der Waals surface area contributed by atoms with Gasteiger partial charge in [0, 0.05) is 36.7 Å². The Morgan fingerprint density at radius 1 is 1.13 bits per heavy atom. The molecule has 0 amide bonds. The Hall–Kier alpha value is -3.42. The van der Waals surface area contributed by atoms with Gasteiger partial charge in [-0.1, -0.05) is 11.2 Å². The maximum absolute atomic E-state index is 5.35. The van der Waals surface area contributed by atoms with Gasteiger partial charge in [-0.2, -0.15) is 14.6 Å². The van der Waals surface area contributed by atoms with E-state index in [1.165, 1.54) is 0 Å². The van der Waals surface area contributed by atoms with E-state index in [0.717, 1.165) is 45.3 Å². The quantitative estimate of drug-likeness (QED) is 0.516. The molecule has 0 radical (unpaired) electrons. The van der Waals surface area contributed by atoms with Gasteiger partial charge < -0.3 is 14.6 Å². The summed E-state index contributed by atoms with van der Waals surface area (Å²) >= 11 is 0. The van der Waals surface area contributed by atoms with Crippen LogP contribution < -0.4 is 10.1 Å². The molecule has 0 spiro atoms. The third kappa shape index (κ3) is 3.72. The SMILES string of the molecule is COc1ccc(-c2c(C)nn3c(N[C@@H](C)Cc4noc(C)n4)cc(C)nc23)c(C)c1. The van der Waals surface area contributed by atoms with Crippen molar-refractivity contribution in [2.75, 3.05) is 12.4 Å². The van der Waals surface area contributed by atoms with Crippen molar-refractivity contribution in [2.24, 2.45) is 0 Å². The van der Waals surface area contributed by atoms with Crippen LogP contribution in [0.2, 0.25) is 0 Å². The van der Waals surface area contributed by atoms with Gasteiger partial charge in [-0.25, -0.2) is 4.98 Å². The van der Waals surface area contributed by atoms with Crippen LogP contribution >= 0.6 is 0 Å². The number of nitrogens with one attached hydrogen (secondary N) is 1. The summed E-state index contributed by atoms with van der Waals surface area (Å²) in [6, 6.07) is 8.15. The Labute approximate surface area is 175 Å².